The van der Waals surface area contributed by atoms with Crippen LogP contribution in [0.25, 0.3) is 0 Å². The topological polar surface area (TPSA) is 77.8 Å². The Morgan fingerprint density at radius 2 is 1.96 bits per heavy atom. The van der Waals surface area contributed by atoms with E-state index in [-0.39, 0.29) is 35.7 Å². The van der Waals surface area contributed by atoms with Crippen LogP contribution < -0.4 is 0 Å². The molecule has 0 spiro atoms. The second-order valence-corrected chi connectivity index (χ2v) is 7.27. The van der Waals surface area contributed by atoms with Crippen molar-refractivity contribution in [1.29, 1.82) is 0 Å². The van der Waals surface area contributed by atoms with E-state index in [2.05, 4.69) is 6.92 Å². The number of rotatable bonds is 3. The quantitative estimate of drug-likeness (QED) is 0.424. The molecule has 0 saturated heterocycles. The summed E-state index contributed by atoms with van der Waals surface area (Å²) in [5, 5.41) is 29.8. The second kappa shape index (κ2) is 7.02. The fraction of sp³-hybridized carbons (Fsp3) is 0.632. The van der Waals surface area contributed by atoms with Gasteiger partial charge in [-0.2, -0.15) is 0 Å². The van der Waals surface area contributed by atoms with E-state index in [4.69, 9.17) is 5.11 Å². The van der Waals surface area contributed by atoms with Crippen LogP contribution in [0.1, 0.15) is 34.1 Å². The van der Waals surface area contributed by atoms with E-state index in [9.17, 15) is 15.0 Å². The highest BCUT2D eigenvalue weighted by molar-refractivity contribution is 5.86. The van der Waals surface area contributed by atoms with E-state index in [0.29, 0.717) is 5.57 Å². The van der Waals surface area contributed by atoms with E-state index < -0.39 is 12.1 Å². The van der Waals surface area contributed by atoms with Crippen LogP contribution in [-0.4, -0.2) is 33.5 Å². The Morgan fingerprint density at radius 1 is 1.30 bits per heavy atom. The van der Waals surface area contributed by atoms with E-state index in [1.165, 1.54) is 0 Å². The molecular formula is C19H28O4. The summed E-state index contributed by atoms with van der Waals surface area (Å²) < 4.78 is 0. The van der Waals surface area contributed by atoms with E-state index in [1.807, 2.05) is 26.0 Å². The van der Waals surface area contributed by atoms with Gasteiger partial charge in [-0.1, -0.05) is 43.7 Å². The van der Waals surface area contributed by atoms with Gasteiger partial charge in [-0.15, -0.1) is 0 Å². The number of aliphatic hydroxyl groups excluding tert-OH is 2. The van der Waals surface area contributed by atoms with Crippen LogP contribution in [-0.2, 0) is 4.79 Å². The maximum atomic E-state index is 10.9. The standard InChI is InChI=1S/C19H28O4/c1-10(19(22)23)6-5-7-14-11(2)9-16(20)15-8-12(3)18(21)13(4)17(14)15/h5-7,9,12-18,20-21H,8H2,1-4H3,(H,22,23). The van der Waals surface area contributed by atoms with Crippen molar-refractivity contribution in [2.24, 2.45) is 29.6 Å². The van der Waals surface area contributed by atoms with Gasteiger partial charge in [-0.25, -0.2) is 4.79 Å². The molecule has 0 aliphatic heterocycles. The summed E-state index contributed by atoms with van der Waals surface area (Å²) in [4.78, 5) is 10.9. The predicted molar refractivity (Wildman–Crippen MR) is 89.7 cm³/mol. The van der Waals surface area contributed by atoms with E-state index in [0.717, 1.165) is 12.0 Å². The smallest absolute Gasteiger partial charge is 0.331 e. The third kappa shape index (κ3) is 3.59. The second-order valence-electron chi connectivity index (χ2n) is 7.27. The Balaban J connectivity index is 2.30. The van der Waals surface area contributed by atoms with Gasteiger partial charge in [0.25, 0.3) is 0 Å². The molecular weight excluding hydrogens is 292 g/mol. The van der Waals surface area contributed by atoms with Crippen LogP contribution >= 0.6 is 0 Å². The van der Waals surface area contributed by atoms with Gasteiger partial charge in [0, 0.05) is 11.5 Å². The number of allylic oxidation sites excluding steroid dienone is 4. The van der Waals surface area contributed by atoms with Crippen LogP contribution in [0.2, 0.25) is 0 Å². The zero-order chi connectivity index (χ0) is 17.3. The van der Waals surface area contributed by atoms with Gasteiger partial charge in [-0.3, -0.25) is 0 Å². The molecule has 0 amide bonds. The molecule has 1 fully saturated rings. The summed E-state index contributed by atoms with van der Waals surface area (Å²) >= 11 is 0. The van der Waals surface area contributed by atoms with Crippen LogP contribution in [0.4, 0.5) is 0 Å². The summed E-state index contributed by atoms with van der Waals surface area (Å²) in [5.41, 5.74) is 1.38. The lowest BCUT2D eigenvalue weighted by atomic mass is 9.57. The summed E-state index contributed by atoms with van der Waals surface area (Å²) in [6, 6.07) is 0. The minimum atomic E-state index is -0.922. The number of carboxylic acids is 1. The van der Waals surface area contributed by atoms with Crippen molar-refractivity contribution < 1.29 is 20.1 Å². The predicted octanol–water partition coefficient (Wildman–Crippen LogP) is 2.78. The van der Waals surface area contributed by atoms with Gasteiger partial charge >= 0.3 is 5.97 Å². The monoisotopic (exact) mass is 320 g/mol. The molecule has 3 N–H and O–H groups in total. The van der Waals surface area contributed by atoms with Crippen LogP contribution in [0.5, 0.6) is 0 Å². The molecule has 4 nitrogen and oxygen atoms in total. The first-order valence-corrected chi connectivity index (χ1v) is 8.36. The molecule has 0 aromatic carbocycles. The Hall–Kier alpha value is -1.39. The molecule has 0 radical (unpaired) electrons. The van der Waals surface area contributed by atoms with Crippen molar-refractivity contribution in [3.05, 3.63) is 35.5 Å². The van der Waals surface area contributed by atoms with Crippen LogP contribution in [0.3, 0.4) is 0 Å². The minimum Gasteiger partial charge on any atom is -0.478 e. The molecule has 128 valence electrons. The Kier molecular flexibility index (Phi) is 5.48. The fourth-order valence-corrected chi connectivity index (χ4v) is 4.30. The van der Waals surface area contributed by atoms with Crippen molar-refractivity contribution in [2.75, 3.05) is 0 Å². The van der Waals surface area contributed by atoms with Crippen LogP contribution in [0, 0.1) is 29.6 Å². The fourth-order valence-electron chi connectivity index (χ4n) is 4.30. The van der Waals surface area contributed by atoms with Gasteiger partial charge in [0.05, 0.1) is 12.2 Å². The van der Waals surface area contributed by atoms with Gasteiger partial charge in [0.2, 0.25) is 0 Å². The van der Waals surface area contributed by atoms with Crippen molar-refractivity contribution in [2.45, 2.75) is 46.3 Å². The maximum Gasteiger partial charge on any atom is 0.331 e. The van der Waals surface area contributed by atoms with Gasteiger partial charge in [0.1, 0.15) is 0 Å². The first-order chi connectivity index (χ1) is 10.7. The average molecular weight is 320 g/mol. The molecule has 1 saturated carbocycles. The van der Waals surface area contributed by atoms with Gasteiger partial charge < -0.3 is 15.3 Å². The molecule has 0 aromatic heterocycles. The molecule has 0 aromatic rings. The molecule has 4 heteroatoms. The molecule has 0 bridgehead atoms. The molecule has 2 rings (SSSR count). The minimum absolute atomic E-state index is 0.0984. The highest BCUT2D eigenvalue weighted by Gasteiger charge is 2.47. The van der Waals surface area contributed by atoms with E-state index >= 15 is 0 Å². The number of carboxylic acid groups (broad SMARTS) is 1. The zero-order valence-corrected chi connectivity index (χ0v) is 14.3. The summed E-state index contributed by atoms with van der Waals surface area (Å²) in [6.07, 6.45) is 7.32. The third-order valence-electron chi connectivity index (χ3n) is 5.68. The SMILES string of the molecule is CC(=CC=CC1C(C)=CC(O)C2CC(C)C(O)C(C)C12)C(=O)O. The van der Waals surface area contributed by atoms with E-state index in [1.54, 1.807) is 19.1 Å². The molecule has 7 unspecified atom stereocenters. The first kappa shape index (κ1) is 18.0. The number of hydrogen-bond acceptors (Lipinski definition) is 3. The average Bonchev–Trinajstić information content (AvgIpc) is 2.48. The van der Waals surface area contributed by atoms with Gasteiger partial charge in [-0.05, 0) is 43.9 Å². The third-order valence-corrected chi connectivity index (χ3v) is 5.68. The molecule has 23 heavy (non-hydrogen) atoms. The summed E-state index contributed by atoms with van der Waals surface area (Å²) in [7, 11) is 0. The molecule has 0 heterocycles. The lowest BCUT2D eigenvalue weighted by Crippen LogP contribution is -2.49. The highest BCUT2D eigenvalue weighted by Crippen LogP contribution is 2.48. The normalized spacial score (nSPS) is 41.6. The van der Waals surface area contributed by atoms with Crippen LogP contribution in [0.15, 0.2) is 35.5 Å². The lowest BCUT2D eigenvalue weighted by Gasteiger charge is -2.49. The Labute approximate surface area is 138 Å². The molecule has 2 aliphatic carbocycles. The molecule has 7 atom stereocenters. The highest BCUT2D eigenvalue weighted by atomic mass is 16.4. The summed E-state index contributed by atoms with van der Waals surface area (Å²) in [5.74, 6) is -0.192. The van der Waals surface area contributed by atoms with Gasteiger partial charge in [0.15, 0.2) is 0 Å². The number of carbonyl (C=O) groups is 1. The number of fused-ring (bicyclic) bond motifs is 1. The largest absolute Gasteiger partial charge is 0.478 e. The Bertz CT molecular complexity index is 546. The molecule has 2 aliphatic rings. The van der Waals surface area contributed by atoms with Crippen molar-refractivity contribution in [3.8, 4) is 0 Å². The van der Waals surface area contributed by atoms with Crippen molar-refractivity contribution in [1.82, 2.24) is 0 Å². The lowest BCUT2D eigenvalue weighted by molar-refractivity contribution is -0.132. The van der Waals surface area contributed by atoms with Crippen molar-refractivity contribution >= 4 is 5.97 Å². The summed E-state index contributed by atoms with van der Waals surface area (Å²) in [6.45, 7) is 7.67. The number of hydrogen-bond donors (Lipinski definition) is 3. The zero-order valence-electron chi connectivity index (χ0n) is 14.3. The van der Waals surface area contributed by atoms with Crippen molar-refractivity contribution in [3.63, 3.8) is 0 Å². The number of aliphatic hydroxyl groups is 2. The first-order valence-electron chi connectivity index (χ1n) is 8.36. The Morgan fingerprint density at radius 3 is 2.57 bits per heavy atom. The number of aliphatic carboxylic acids is 1. The maximum absolute atomic E-state index is 10.9.